The van der Waals surface area contributed by atoms with Crippen LogP contribution < -0.4 is 5.32 Å². The normalized spacial score (nSPS) is 16.3. The molecule has 1 aliphatic heterocycles. The molecule has 4 nitrogen and oxygen atoms in total. The highest BCUT2D eigenvalue weighted by molar-refractivity contribution is 7.94. The molecule has 2 aromatic carbocycles. The van der Waals surface area contributed by atoms with Gasteiger partial charge < -0.3 is 10.3 Å². The molecule has 0 amide bonds. The Morgan fingerprint density at radius 1 is 0.957 bits per heavy atom. The van der Waals surface area contributed by atoms with E-state index in [2.05, 4.69) is 16.4 Å². The second-order valence-electron chi connectivity index (χ2n) is 5.59. The Kier molecular flexibility index (Phi) is 3.23. The summed E-state index contributed by atoms with van der Waals surface area (Å²) >= 11 is 0. The molecule has 0 saturated carbocycles. The topological polar surface area (TPSA) is 62.0 Å². The van der Waals surface area contributed by atoms with Crippen LogP contribution in [0.4, 0.5) is 0 Å². The summed E-state index contributed by atoms with van der Waals surface area (Å²) in [6, 6.07) is 16.5. The number of hydrogen-bond acceptors (Lipinski definition) is 3. The van der Waals surface area contributed by atoms with Crippen LogP contribution in [0.2, 0.25) is 0 Å². The van der Waals surface area contributed by atoms with Crippen LogP contribution in [0.3, 0.4) is 0 Å². The zero-order valence-electron chi connectivity index (χ0n) is 12.4. The Hall–Kier alpha value is -2.53. The lowest BCUT2D eigenvalue weighted by molar-refractivity contribution is 0.604. The first-order chi connectivity index (χ1) is 11.1. The fraction of sp³-hybridized carbons (Fsp3) is 0.111. The van der Waals surface area contributed by atoms with Gasteiger partial charge in [0.25, 0.3) is 0 Å². The molecule has 0 spiro atoms. The third-order valence-electron chi connectivity index (χ3n) is 4.12. The van der Waals surface area contributed by atoms with Gasteiger partial charge in [-0.2, -0.15) is 0 Å². The lowest BCUT2D eigenvalue weighted by atomic mass is 10.0. The number of aromatic amines is 1. The van der Waals surface area contributed by atoms with E-state index < -0.39 is 9.84 Å². The zero-order valence-corrected chi connectivity index (χ0v) is 13.2. The summed E-state index contributed by atoms with van der Waals surface area (Å²) in [5, 5.41) is 5.70. The first-order valence-corrected chi connectivity index (χ1v) is 9.05. The highest BCUT2D eigenvalue weighted by atomic mass is 32.2. The van der Waals surface area contributed by atoms with Crippen LogP contribution in [0.5, 0.6) is 0 Å². The molecule has 4 rings (SSSR count). The van der Waals surface area contributed by atoms with E-state index in [1.165, 1.54) is 11.0 Å². The summed E-state index contributed by atoms with van der Waals surface area (Å²) < 4.78 is 25.2. The van der Waals surface area contributed by atoms with Crippen LogP contribution in [0.1, 0.15) is 11.3 Å². The number of benzene rings is 2. The maximum atomic E-state index is 12.6. The van der Waals surface area contributed by atoms with Crippen LogP contribution in [0.25, 0.3) is 16.6 Å². The van der Waals surface area contributed by atoms with Crippen LogP contribution >= 0.6 is 0 Å². The Morgan fingerprint density at radius 3 is 2.52 bits per heavy atom. The molecule has 2 heterocycles. The van der Waals surface area contributed by atoms with Gasteiger partial charge in [0.15, 0.2) is 0 Å². The third-order valence-corrected chi connectivity index (χ3v) is 5.59. The standard InChI is InChI=1S/C18H16N2O2S/c21-23(22,13-6-2-1-3-7-13)12-17-18-15(10-11-19-17)14-8-4-5-9-16(14)20-18/h1-9,12,19-20H,10-11H2/b17-12+. The number of sulfone groups is 1. The number of nitrogens with one attached hydrogen (secondary N) is 2. The van der Waals surface area contributed by atoms with Gasteiger partial charge in [0.05, 0.1) is 21.7 Å². The molecule has 0 bridgehead atoms. The SMILES string of the molecule is O=S(=O)(/C=C1/NCCc2c1[nH]c1ccccc21)c1ccccc1. The molecular formula is C18H16N2O2S. The van der Waals surface area contributed by atoms with Gasteiger partial charge in [-0.25, -0.2) is 8.42 Å². The quantitative estimate of drug-likeness (QED) is 0.761. The first-order valence-electron chi connectivity index (χ1n) is 7.51. The van der Waals surface area contributed by atoms with Crippen molar-refractivity contribution in [2.45, 2.75) is 11.3 Å². The molecule has 116 valence electrons. The van der Waals surface area contributed by atoms with Crippen LogP contribution in [0.15, 0.2) is 64.9 Å². The smallest absolute Gasteiger partial charge is 0.201 e. The molecule has 1 aliphatic rings. The van der Waals surface area contributed by atoms with Gasteiger partial charge in [0.2, 0.25) is 9.84 Å². The van der Waals surface area contributed by atoms with Crippen molar-refractivity contribution in [3.63, 3.8) is 0 Å². The summed E-state index contributed by atoms with van der Waals surface area (Å²) in [5.74, 6) is 0. The molecule has 0 atom stereocenters. The van der Waals surface area contributed by atoms with Gasteiger partial charge in [-0.1, -0.05) is 36.4 Å². The van der Waals surface area contributed by atoms with Crippen molar-refractivity contribution in [3.8, 4) is 0 Å². The van der Waals surface area contributed by atoms with Crippen molar-refractivity contribution in [3.05, 3.63) is 71.3 Å². The number of H-pyrrole nitrogens is 1. The Morgan fingerprint density at radius 2 is 1.70 bits per heavy atom. The van der Waals surface area contributed by atoms with E-state index in [9.17, 15) is 8.42 Å². The van der Waals surface area contributed by atoms with Crippen molar-refractivity contribution in [1.29, 1.82) is 0 Å². The van der Waals surface area contributed by atoms with Crippen LogP contribution in [-0.2, 0) is 16.3 Å². The van der Waals surface area contributed by atoms with Crippen molar-refractivity contribution >= 4 is 26.4 Å². The molecular weight excluding hydrogens is 308 g/mol. The Labute approximate surface area is 134 Å². The maximum Gasteiger partial charge on any atom is 0.201 e. The molecule has 23 heavy (non-hydrogen) atoms. The van der Waals surface area contributed by atoms with E-state index in [0.717, 1.165) is 29.6 Å². The molecule has 3 aromatic rings. The molecule has 1 aromatic heterocycles. The Bertz CT molecular complexity index is 1000. The molecule has 0 radical (unpaired) electrons. The minimum Gasteiger partial charge on any atom is -0.382 e. The highest BCUT2D eigenvalue weighted by Gasteiger charge is 2.21. The number of para-hydroxylation sites is 1. The lowest BCUT2D eigenvalue weighted by Gasteiger charge is -2.18. The highest BCUT2D eigenvalue weighted by Crippen LogP contribution is 2.30. The largest absolute Gasteiger partial charge is 0.382 e. The van der Waals surface area contributed by atoms with E-state index in [1.807, 2.05) is 18.2 Å². The summed E-state index contributed by atoms with van der Waals surface area (Å²) in [6.07, 6.45) is 0.877. The minimum atomic E-state index is -3.48. The molecule has 5 heteroatoms. The lowest BCUT2D eigenvalue weighted by Crippen LogP contribution is -2.23. The molecule has 0 aliphatic carbocycles. The minimum absolute atomic E-state index is 0.303. The molecule has 0 fully saturated rings. The molecule has 0 saturated heterocycles. The Balaban J connectivity index is 1.86. The zero-order chi connectivity index (χ0) is 15.9. The predicted octanol–water partition coefficient (Wildman–Crippen LogP) is 3.09. The van der Waals surface area contributed by atoms with E-state index in [0.29, 0.717) is 10.6 Å². The maximum absolute atomic E-state index is 12.6. The predicted molar refractivity (Wildman–Crippen MR) is 91.6 cm³/mol. The monoisotopic (exact) mass is 324 g/mol. The summed E-state index contributed by atoms with van der Waals surface area (Å²) in [6.45, 7) is 0.727. The second-order valence-corrected chi connectivity index (χ2v) is 7.39. The molecule has 0 unspecified atom stereocenters. The van der Waals surface area contributed by atoms with E-state index in [1.54, 1.807) is 30.3 Å². The summed E-state index contributed by atoms with van der Waals surface area (Å²) in [4.78, 5) is 3.65. The van der Waals surface area contributed by atoms with Crippen molar-refractivity contribution in [2.75, 3.05) is 6.54 Å². The number of rotatable bonds is 2. The van der Waals surface area contributed by atoms with Crippen LogP contribution in [-0.4, -0.2) is 19.9 Å². The van der Waals surface area contributed by atoms with E-state index >= 15 is 0 Å². The van der Waals surface area contributed by atoms with E-state index in [4.69, 9.17) is 0 Å². The number of aromatic nitrogens is 1. The average molecular weight is 324 g/mol. The van der Waals surface area contributed by atoms with Crippen molar-refractivity contribution in [1.82, 2.24) is 10.3 Å². The van der Waals surface area contributed by atoms with Gasteiger partial charge in [0, 0.05) is 17.4 Å². The fourth-order valence-electron chi connectivity index (χ4n) is 3.03. The second kappa shape index (κ2) is 5.28. The third kappa shape index (κ3) is 2.43. The van der Waals surface area contributed by atoms with Crippen molar-refractivity contribution < 1.29 is 8.42 Å². The first kappa shape index (κ1) is 14.1. The molecule has 2 N–H and O–H groups in total. The average Bonchev–Trinajstić information content (AvgIpc) is 2.95. The summed E-state index contributed by atoms with van der Waals surface area (Å²) in [7, 11) is -3.48. The van der Waals surface area contributed by atoms with Crippen LogP contribution in [0, 0.1) is 0 Å². The summed E-state index contributed by atoms with van der Waals surface area (Å²) in [5.41, 5.74) is 3.71. The van der Waals surface area contributed by atoms with Crippen molar-refractivity contribution in [2.24, 2.45) is 0 Å². The van der Waals surface area contributed by atoms with Gasteiger partial charge in [-0.3, -0.25) is 0 Å². The van der Waals surface area contributed by atoms with Gasteiger partial charge in [0.1, 0.15) is 0 Å². The van der Waals surface area contributed by atoms with Gasteiger partial charge >= 0.3 is 0 Å². The fourth-order valence-corrected chi connectivity index (χ4v) is 4.22. The van der Waals surface area contributed by atoms with E-state index in [-0.39, 0.29) is 0 Å². The number of hydrogen-bond donors (Lipinski definition) is 2. The van der Waals surface area contributed by atoms with Gasteiger partial charge in [-0.05, 0) is 30.2 Å². The van der Waals surface area contributed by atoms with Gasteiger partial charge in [-0.15, -0.1) is 0 Å². The number of fused-ring (bicyclic) bond motifs is 3.